The van der Waals surface area contributed by atoms with Crippen LogP contribution in [0.15, 0.2) is 42.5 Å². The third-order valence-electron chi connectivity index (χ3n) is 4.89. The number of benzene rings is 2. The van der Waals surface area contributed by atoms with Crippen LogP contribution in [0.4, 0.5) is 0 Å². The van der Waals surface area contributed by atoms with Crippen LogP contribution in [-0.2, 0) is 11.2 Å². The molecule has 26 heavy (non-hydrogen) atoms. The van der Waals surface area contributed by atoms with Crippen LogP contribution in [0, 0.1) is 0 Å². The van der Waals surface area contributed by atoms with E-state index in [1.807, 2.05) is 31.2 Å². The zero-order valence-corrected chi connectivity index (χ0v) is 15.5. The molecule has 3 rings (SSSR count). The van der Waals surface area contributed by atoms with Gasteiger partial charge in [-0.25, -0.2) is 0 Å². The minimum Gasteiger partial charge on any atom is -0.494 e. The molecule has 0 aliphatic carbocycles. The predicted molar refractivity (Wildman–Crippen MR) is 105 cm³/mol. The number of ether oxygens (including phenoxy) is 1. The summed E-state index contributed by atoms with van der Waals surface area (Å²) in [7, 11) is 0. The first-order chi connectivity index (χ1) is 12.5. The number of hydrogen-bond donors (Lipinski definition) is 2. The van der Waals surface area contributed by atoms with Crippen LogP contribution < -0.4 is 4.74 Å². The Hall–Kier alpha value is -2.75. The highest BCUT2D eigenvalue weighted by molar-refractivity contribution is 5.94. The zero-order chi connectivity index (χ0) is 18.7. The van der Waals surface area contributed by atoms with E-state index in [1.165, 1.54) is 5.56 Å². The van der Waals surface area contributed by atoms with E-state index < -0.39 is 5.97 Å². The number of fused-ring (bicyclic) bond motifs is 1. The van der Waals surface area contributed by atoms with Crippen LogP contribution in [0.1, 0.15) is 44.2 Å². The second-order valence-electron chi connectivity index (χ2n) is 6.62. The van der Waals surface area contributed by atoms with Gasteiger partial charge in [0.2, 0.25) is 0 Å². The van der Waals surface area contributed by atoms with E-state index in [4.69, 9.17) is 4.74 Å². The summed E-state index contributed by atoms with van der Waals surface area (Å²) in [5, 5.41) is 10.4. The van der Waals surface area contributed by atoms with Gasteiger partial charge >= 0.3 is 5.97 Å². The molecule has 1 heterocycles. The van der Waals surface area contributed by atoms with Crippen molar-refractivity contribution in [2.75, 3.05) is 6.61 Å². The molecule has 1 unspecified atom stereocenters. The van der Waals surface area contributed by atoms with E-state index >= 15 is 0 Å². The highest BCUT2D eigenvalue weighted by Gasteiger charge is 2.17. The minimum atomic E-state index is -0.827. The lowest BCUT2D eigenvalue weighted by atomic mass is 9.95. The van der Waals surface area contributed by atoms with Gasteiger partial charge in [-0.05, 0) is 72.4 Å². The minimum absolute atomic E-state index is 0.00744. The van der Waals surface area contributed by atoms with Gasteiger partial charge in [-0.1, -0.05) is 19.9 Å². The third kappa shape index (κ3) is 3.59. The van der Waals surface area contributed by atoms with Gasteiger partial charge < -0.3 is 14.8 Å². The molecule has 0 radical (unpaired) electrons. The molecule has 0 aliphatic rings. The number of aromatic nitrogens is 1. The number of H-pyrrole nitrogens is 1. The second kappa shape index (κ2) is 7.65. The number of carbonyl (C=O) groups is 1. The average molecular weight is 351 g/mol. The molecule has 0 bridgehead atoms. The molecule has 0 saturated carbocycles. The van der Waals surface area contributed by atoms with E-state index in [9.17, 15) is 9.90 Å². The number of hydrogen-bond acceptors (Lipinski definition) is 2. The van der Waals surface area contributed by atoms with Crippen LogP contribution in [0.2, 0.25) is 0 Å². The number of aliphatic carboxylic acids is 1. The Bertz CT molecular complexity index is 909. The van der Waals surface area contributed by atoms with Gasteiger partial charge in [0.25, 0.3) is 0 Å². The maximum absolute atomic E-state index is 11.5. The van der Waals surface area contributed by atoms with Crippen LogP contribution in [0.5, 0.6) is 5.75 Å². The monoisotopic (exact) mass is 351 g/mol. The summed E-state index contributed by atoms with van der Waals surface area (Å²) in [6, 6.07) is 14.1. The fraction of sp³-hybridized carbons (Fsp3) is 0.318. The van der Waals surface area contributed by atoms with Crippen molar-refractivity contribution in [3.63, 3.8) is 0 Å². The SMILES string of the molecule is CCOc1ccc(-c2[nH]c3ccc(C(C)CC)cc3c2CC(=O)O)cc1. The molecule has 0 fully saturated rings. The summed E-state index contributed by atoms with van der Waals surface area (Å²) in [4.78, 5) is 14.9. The number of rotatable bonds is 7. The van der Waals surface area contributed by atoms with Crippen LogP contribution in [0.25, 0.3) is 22.2 Å². The summed E-state index contributed by atoms with van der Waals surface area (Å²) in [5.41, 5.74) is 4.88. The number of nitrogens with one attached hydrogen (secondary N) is 1. The lowest BCUT2D eigenvalue weighted by Crippen LogP contribution is -2.01. The molecule has 0 spiro atoms. The van der Waals surface area contributed by atoms with Gasteiger partial charge in [0.15, 0.2) is 0 Å². The van der Waals surface area contributed by atoms with Crippen LogP contribution >= 0.6 is 0 Å². The maximum Gasteiger partial charge on any atom is 0.307 e. The van der Waals surface area contributed by atoms with Crippen molar-refractivity contribution in [2.24, 2.45) is 0 Å². The largest absolute Gasteiger partial charge is 0.494 e. The third-order valence-corrected chi connectivity index (χ3v) is 4.89. The molecule has 1 atom stereocenters. The molecule has 2 N–H and O–H groups in total. The summed E-state index contributed by atoms with van der Waals surface area (Å²) in [6.07, 6.45) is 1.04. The predicted octanol–water partition coefficient (Wildman–Crippen LogP) is 5.37. The van der Waals surface area contributed by atoms with E-state index in [0.29, 0.717) is 12.5 Å². The van der Waals surface area contributed by atoms with Gasteiger partial charge in [0.1, 0.15) is 5.75 Å². The first kappa shape index (κ1) is 18.1. The average Bonchev–Trinajstić information content (AvgIpc) is 2.99. The summed E-state index contributed by atoms with van der Waals surface area (Å²) < 4.78 is 5.50. The Morgan fingerprint density at radius 3 is 2.50 bits per heavy atom. The Labute approximate surface area is 153 Å². The van der Waals surface area contributed by atoms with E-state index in [-0.39, 0.29) is 6.42 Å². The first-order valence-electron chi connectivity index (χ1n) is 9.13. The van der Waals surface area contributed by atoms with Crippen molar-refractivity contribution in [2.45, 2.75) is 39.5 Å². The van der Waals surface area contributed by atoms with Gasteiger partial charge in [0.05, 0.1) is 18.7 Å². The van der Waals surface area contributed by atoms with Crippen molar-refractivity contribution in [3.05, 3.63) is 53.6 Å². The summed E-state index contributed by atoms with van der Waals surface area (Å²) >= 11 is 0. The Kier molecular flexibility index (Phi) is 5.31. The molecule has 0 amide bonds. The first-order valence-corrected chi connectivity index (χ1v) is 9.13. The Balaban J connectivity index is 2.12. The van der Waals surface area contributed by atoms with Crippen molar-refractivity contribution in [1.82, 2.24) is 4.98 Å². The van der Waals surface area contributed by atoms with E-state index in [1.54, 1.807) is 0 Å². The molecule has 4 nitrogen and oxygen atoms in total. The molecule has 0 aliphatic heterocycles. The van der Waals surface area contributed by atoms with Gasteiger partial charge in [-0.3, -0.25) is 4.79 Å². The van der Waals surface area contributed by atoms with Crippen LogP contribution in [0.3, 0.4) is 0 Å². The molecule has 3 aromatic rings. The normalized spacial score (nSPS) is 12.3. The van der Waals surface area contributed by atoms with Gasteiger partial charge in [-0.2, -0.15) is 0 Å². The van der Waals surface area contributed by atoms with E-state index in [0.717, 1.165) is 39.9 Å². The fourth-order valence-electron chi connectivity index (χ4n) is 3.27. The molecule has 2 aromatic carbocycles. The van der Waals surface area contributed by atoms with Crippen LogP contribution in [-0.4, -0.2) is 22.7 Å². The van der Waals surface area contributed by atoms with Gasteiger partial charge in [-0.15, -0.1) is 0 Å². The fourth-order valence-corrected chi connectivity index (χ4v) is 3.27. The summed E-state index contributed by atoms with van der Waals surface area (Å²) in [5.74, 6) is 0.430. The topological polar surface area (TPSA) is 62.3 Å². The second-order valence-corrected chi connectivity index (χ2v) is 6.62. The molecule has 4 heteroatoms. The molecular formula is C22H25NO3. The highest BCUT2D eigenvalue weighted by Crippen LogP contribution is 2.34. The highest BCUT2D eigenvalue weighted by atomic mass is 16.5. The summed E-state index contributed by atoms with van der Waals surface area (Å²) in [6.45, 7) is 6.92. The molecular weight excluding hydrogens is 326 g/mol. The number of aromatic amines is 1. The zero-order valence-electron chi connectivity index (χ0n) is 15.5. The number of carboxylic acids is 1. The molecule has 136 valence electrons. The quantitative estimate of drug-likeness (QED) is 0.601. The molecule has 0 saturated heterocycles. The van der Waals surface area contributed by atoms with Crippen molar-refractivity contribution >= 4 is 16.9 Å². The van der Waals surface area contributed by atoms with Crippen molar-refractivity contribution in [3.8, 4) is 17.0 Å². The number of carboxylic acid groups (broad SMARTS) is 1. The lowest BCUT2D eigenvalue weighted by Gasteiger charge is -2.09. The maximum atomic E-state index is 11.5. The van der Waals surface area contributed by atoms with Gasteiger partial charge in [0, 0.05) is 10.9 Å². The molecule has 1 aromatic heterocycles. The smallest absolute Gasteiger partial charge is 0.307 e. The Morgan fingerprint density at radius 1 is 1.15 bits per heavy atom. The standard InChI is InChI=1S/C22H25NO3/c1-4-14(3)16-8-11-20-18(12-16)19(13-21(24)25)22(23-20)15-6-9-17(10-7-15)26-5-2/h6-12,14,23H,4-5,13H2,1-3H3,(H,24,25). The lowest BCUT2D eigenvalue weighted by molar-refractivity contribution is -0.136. The van der Waals surface area contributed by atoms with E-state index in [2.05, 4.69) is 37.0 Å². The Morgan fingerprint density at radius 2 is 1.88 bits per heavy atom. The van der Waals surface area contributed by atoms with Crippen molar-refractivity contribution < 1.29 is 14.6 Å². The van der Waals surface area contributed by atoms with Crippen molar-refractivity contribution in [1.29, 1.82) is 0 Å².